The largest absolute Gasteiger partial charge is 0.481 e. The zero-order valence-electron chi connectivity index (χ0n) is 8.83. The minimum absolute atomic E-state index is 0.218. The predicted molar refractivity (Wildman–Crippen MR) is 59.0 cm³/mol. The summed E-state index contributed by atoms with van der Waals surface area (Å²) in [7, 11) is 0. The summed E-state index contributed by atoms with van der Waals surface area (Å²) in [6.45, 7) is 1.31. The fourth-order valence-electron chi connectivity index (χ4n) is 1.93. The molecule has 0 saturated carbocycles. The quantitative estimate of drug-likeness (QED) is 0.750. The van der Waals surface area contributed by atoms with Crippen molar-refractivity contribution in [1.82, 2.24) is 9.97 Å². The Kier molecular flexibility index (Phi) is 2.89. The lowest BCUT2D eigenvalue weighted by Crippen LogP contribution is -2.39. The van der Waals surface area contributed by atoms with Gasteiger partial charge in [0.25, 0.3) is 0 Å². The Bertz CT molecular complexity index is 396. The Labute approximate surface area is 93.1 Å². The van der Waals surface area contributed by atoms with Crippen LogP contribution in [-0.2, 0) is 4.79 Å². The van der Waals surface area contributed by atoms with Gasteiger partial charge < -0.3 is 15.7 Å². The van der Waals surface area contributed by atoms with Gasteiger partial charge in [-0.3, -0.25) is 4.79 Å². The summed E-state index contributed by atoms with van der Waals surface area (Å²) in [6.07, 6.45) is 3.18. The normalized spacial score (nSPS) is 20.8. The number of nitrogen functional groups attached to an aromatic ring is 1. The number of piperidine rings is 1. The molecule has 0 radical (unpaired) electrons. The molecule has 16 heavy (non-hydrogen) atoms. The molecule has 1 fully saturated rings. The number of aliphatic carboxylic acids is 1. The number of nitrogens with zero attached hydrogens (tertiary/aromatic N) is 3. The first-order chi connectivity index (χ1) is 7.66. The van der Waals surface area contributed by atoms with E-state index in [1.165, 1.54) is 0 Å². The van der Waals surface area contributed by atoms with Crippen molar-refractivity contribution in [3.63, 3.8) is 0 Å². The summed E-state index contributed by atoms with van der Waals surface area (Å²) >= 11 is 0. The zero-order valence-corrected chi connectivity index (χ0v) is 8.83. The van der Waals surface area contributed by atoms with E-state index in [0.29, 0.717) is 12.4 Å². The number of carboxylic acid groups (broad SMARTS) is 1. The van der Waals surface area contributed by atoms with Crippen molar-refractivity contribution in [3.8, 4) is 0 Å². The van der Waals surface area contributed by atoms with Crippen LogP contribution in [0.1, 0.15) is 12.8 Å². The van der Waals surface area contributed by atoms with E-state index in [4.69, 9.17) is 10.8 Å². The minimum Gasteiger partial charge on any atom is -0.481 e. The number of hydrogen-bond donors (Lipinski definition) is 2. The molecule has 3 N–H and O–H groups in total. The van der Waals surface area contributed by atoms with E-state index in [1.807, 2.05) is 4.90 Å². The van der Waals surface area contributed by atoms with Gasteiger partial charge in [0, 0.05) is 19.3 Å². The molecule has 0 aliphatic carbocycles. The van der Waals surface area contributed by atoms with E-state index >= 15 is 0 Å². The van der Waals surface area contributed by atoms with Crippen LogP contribution in [0.5, 0.6) is 0 Å². The number of nitrogens with two attached hydrogens (primary N) is 1. The predicted octanol–water partition coefficient (Wildman–Crippen LogP) is 0.360. The molecule has 1 aromatic heterocycles. The molecule has 6 nitrogen and oxygen atoms in total. The molecule has 1 saturated heterocycles. The van der Waals surface area contributed by atoms with Crippen molar-refractivity contribution in [1.29, 1.82) is 0 Å². The number of carbonyl (C=O) groups is 1. The van der Waals surface area contributed by atoms with Crippen LogP contribution in [-0.4, -0.2) is 34.1 Å². The summed E-state index contributed by atoms with van der Waals surface area (Å²) in [5, 5.41) is 8.97. The first kappa shape index (κ1) is 10.7. The van der Waals surface area contributed by atoms with Crippen LogP contribution in [0.3, 0.4) is 0 Å². The Morgan fingerprint density at radius 1 is 1.62 bits per heavy atom. The van der Waals surface area contributed by atoms with E-state index < -0.39 is 5.97 Å². The summed E-state index contributed by atoms with van der Waals surface area (Å²) < 4.78 is 0. The molecule has 0 unspecified atom stereocenters. The average Bonchev–Trinajstić information content (AvgIpc) is 2.29. The Morgan fingerprint density at radius 2 is 2.44 bits per heavy atom. The third kappa shape index (κ3) is 2.21. The van der Waals surface area contributed by atoms with Gasteiger partial charge in [-0.15, -0.1) is 0 Å². The third-order valence-corrected chi connectivity index (χ3v) is 2.75. The standard InChI is InChI=1S/C10H14N4O2/c11-10-12-4-3-8(13-10)14-5-1-2-7(6-14)9(15)16/h3-4,7H,1-2,5-6H2,(H,15,16)(H2,11,12,13)/t7-/m1/s1. The monoisotopic (exact) mass is 222 g/mol. The lowest BCUT2D eigenvalue weighted by atomic mass is 9.98. The van der Waals surface area contributed by atoms with Crippen molar-refractivity contribution in [2.75, 3.05) is 23.7 Å². The molecule has 1 atom stereocenters. The van der Waals surface area contributed by atoms with Gasteiger partial charge >= 0.3 is 5.97 Å². The molecule has 1 aromatic rings. The van der Waals surface area contributed by atoms with Crippen molar-refractivity contribution < 1.29 is 9.90 Å². The fourth-order valence-corrected chi connectivity index (χ4v) is 1.93. The topological polar surface area (TPSA) is 92.3 Å². The Hall–Kier alpha value is -1.85. The van der Waals surface area contributed by atoms with Crippen LogP contribution in [0.4, 0.5) is 11.8 Å². The molecule has 6 heteroatoms. The molecule has 1 aliphatic rings. The van der Waals surface area contributed by atoms with Gasteiger partial charge in [-0.05, 0) is 18.9 Å². The van der Waals surface area contributed by atoms with Gasteiger partial charge in [0.1, 0.15) is 5.82 Å². The molecule has 2 rings (SSSR count). The molecule has 2 heterocycles. The Morgan fingerprint density at radius 3 is 3.12 bits per heavy atom. The first-order valence-electron chi connectivity index (χ1n) is 5.23. The summed E-state index contributed by atoms with van der Waals surface area (Å²) in [6, 6.07) is 1.75. The van der Waals surface area contributed by atoms with Crippen molar-refractivity contribution >= 4 is 17.7 Å². The van der Waals surface area contributed by atoms with Gasteiger partial charge in [0.2, 0.25) is 5.95 Å². The summed E-state index contributed by atoms with van der Waals surface area (Å²) in [5.74, 6) is -0.134. The number of aromatic nitrogens is 2. The second kappa shape index (κ2) is 4.34. The number of carboxylic acids is 1. The summed E-state index contributed by atoms with van der Waals surface area (Å²) in [4.78, 5) is 20.8. The first-order valence-corrected chi connectivity index (χ1v) is 5.23. The molecule has 0 bridgehead atoms. The van der Waals surface area contributed by atoms with Crippen molar-refractivity contribution in [3.05, 3.63) is 12.3 Å². The van der Waals surface area contributed by atoms with E-state index in [0.717, 1.165) is 19.4 Å². The fraction of sp³-hybridized carbons (Fsp3) is 0.500. The Balaban J connectivity index is 2.12. The molecular formula is C10H14N4O2. The van der Waals surface area contributed by atoms with E-state index in [-0.39, 0.29) is 11.9 Å². The molecule has 0 amide bonds. The maximum Gasteiger partial charge on any atom is 0.308 e. The second-order valence-corrected chi connectivity index (χ2v) is 3.90. The van der Waals surface area contributed by atoms with Crippen molar-refractivity contribution in [2.45, 2.75) is 12.8 Å². The SMILES string of the molecule is Nc1nccc(N2CCC[C@@H](C(=O)O)C2)n1. The van der Waals surface area contributed by atoms with Crippen LogP contribution >= 0.6 is 0 Å². The molecule has 86 valence electrons. The maximum atomic E-state index is 10.9. The van der Waals surface area contributed by atoms with Gasteiger partial charge in [0.05, 0.1) is 5.92 Å². The number of hydrogen-bond acceptors (Lipinski definition) is 5. The number of anilines is 2. The highest BCUT2D eigenvalue weighted by atomic mass is 16.4. The van der Waals surface area contributed by atoms with E-state index in [9.17, 15) is 4.79 Å². The molecular weight excluding hydrogens is 208 g/mol. The van der Waals surface area contributed by atoms with Crippen LogP contribution in [0, 0.1) is 5.92 Å². The van der Waals surface area contributed by atoms with Gasteiger partial charge in [-0.1, -0.05) is 0 Å². The molecule has 0 spiro atoms. The smallest absolute Gasteiger partial charge is 0.308 e. The third-order valence-electron chi connectivity index (χ3n) is 2.75. The van der Waals surface area contributed by atoms with Crippen LogP contribution < -0.4 is 10.6 Å². The highest BCUT2D eigenvalue weighted by Crippen LogP contribution is 2.21. The lowest BCUT2D eigenvalue weighted by molar-refractivity contribution is -0.141. The van der Waals surface area contributed by atoms with Crippen molar-refractivity contribution in [2.24, 2.45) is 5.92 Å². The van der Waals surface area contributed by atoms with Gasteiger partial charge in [-0.2, -0.15) is 4.98 Å². The second-order valence-electron chi connectivity index (χ2n) is 3.90. The molecule has 1 aliphatic heterocycles. The van der Waals surface area contributed by atoms with Gasteiger partial charge in [-0.25, -0.2) is 4.98 Å². The summed E-state index contributed by atoms with van der Waals surface area (Å²) in [5.41, 5.74) is 5.49. The highest BCUT2D eigenvalue weighted by Gasteiger charge is 2.26. The van der Waals surface area contributed by atoms with Crippen LogP contribution in [0.2, 0.25) is 0 Å². The van der Waals surface area contributed by atoms with Gasteiger partial charge in [0.15, 0.2) is 0 Å². The maximum absolute atomic E-state index is 10.9. The molecule has 0 aromatic carbocycles. The minimum atomic E-state index is -0.744. The van der Waals surface area contributed by atoms with E-state index in [1.54, 1.807) is 12.3 Å². The highest BCUT2D eigenvalue weighted by molar-refractivity contribution is 5.71. The average molecular weight is 222 g/mol. The van der Waals surface area contributed by atoms with Crippen LogP contribution in [0.15, 0.2) is 12.3 Å². The number of rotatable bonds is 2. The zero-order chi connectivity index (χ0) is 11.5. The van der Waals surface area contributed by atoms with Crippen LogP contribution in [0.25, 0.3) is 0 Å². The van der Waals surface area contributed by atoms with E-state index in [2.05, 4.69) is 9.97 Å². The lowest BCUT2D eigenvalue weighted by Gasteiger charge is -2.31.